The van der Waals surface area contributed by atoms with E-state index in [9.17, 15) is 18.3 Å². The van der Waals surface area contributed by atoms with Gasteiger partial charge in [0, 0.05) is 16.6 Å². The molecule has 1 aliphatic rings. The summed E-state index contributed by atoms with van der Waals surface area (Å²) in [6.07, 6.45) is -1.16. The number of hydrogen-bond acceptors (Lipinski definition) is 3. The molecule has 0 saturated carbocycles. The monoisotopic (exact) mass is 383 g/mol. The lowest BCUT2D eigenvalue weighted by Crippen LogP contribution is -2.29. The molecule has 1 aliphatic heterocycles. The maximum Gasteiger partial charge on any atom is 0.490 e. The van der Waals surface area contributed by atoms with E-state index in [-0.39, 0.29) is 0 Å². The summed E-state index contributed by atoms with van der Waals surface area (Å²) in [4.78, 5) is 11.3. The van der Waals surface area contributed by atoms with Gasteiger partial charge in [-0.15, -0.1) is 0 Å². The molecule has 1 heterocycles. The van der Waals surface area contributed by atoms with Crippen LogP contribution < -0.4 is 0 Å². The number of aliphatic carboxylic acids is 1. The molecule has 0 bridgehead atoms. The minimum absolute atomic E-state index is 0.406. The summed E-state index contributed by atoms with van der Waals surface area (Å²) in [6, 6.07) is 5.63. The van der Waals surface area contributed by atoms with Gasteiger partial charge in [-0.05, 0) is 44.1 Å². The standard InChI is InChI=1S/C12H16BrNO.C2HF3O2/c13-11-4-5-12(15)10(8-11)9-14-6-2-1-3-7-14;3-2(4,5)1(6)7/h4-5,8,15H,1-3,6-7,9H2;(H,6,7). The number of piperidine rings is 1. The van der Waals surface area contributed by atoms with Gasteiger partial charge in [0.05, 0.1) is 0 Å². The van der Waals surface area contributed by atoms with E-state index in [1.54, 1.807) is 6.07 Å². The van der Waals surface area contributed by atoms with Crippen LogP contribution in [0.3, 0.4) is 0 Å². The number of halogens is 4. The van der Waals surface area contributed by atoms with E-state index < -0.39 is 12.1 Å². The Bertz CT molecular complexity index is 503. The molecule has 2 N–H and O–H groups in total. The van der Waals surface area contributed by atoms with Crippen molar-refractivity contribution in [1.29, 1.82) is 0 Å². The molecule has 0 aromatic heterocycles. The number of rotatable bonds is 2. The molecule has 2 rings (SSSR count). The van der Waals surface area contributed by atoms with E-state index in [0.717, 1.165) is 29.7 Å². The van der Waals surface area contributed by atoms with Gasteiger partial charge in [0.15, 0.2) is 0 Å². The van der Waals surface area contributed by atoms with Crippen molar-refractivity contribution in [2.45, 2.75) is 32.0 Å². The van der Waals surface area contributed by atoms with Crippen molar-refractivity contribution >= 4 is 21.9 Å². The molecule has 1 saturated heterocycles. The van der Waals surface area contributed by atoms with Crippen LogP contribution in [0.5, 0.6) is 5.75 Å². The quantitative estimate of drug-likeness (QED) is 0.815. The summed E-state index contributed by atoms with van der Waals surface area (Å²) in [6.45, 7) is 3.18. The lowest BCUT2D eigenvalue weighted by atomic mass is 10.1. The number of nitrogens with zero attached hydrogens (tertiary/aromatic N) is 1. The van der Waals surface area contributed by atoms with E-state index in [4.69, 9.17) is 9.90 Å². The summed E-state index contributed by atoms with van der Waals surface area (Å²) in [5.41, 5.74) is 1.02. The van der Waals surface area contributed by atoms with Gasteiger partial charge < -0.3 is 10.2 Å². The summed E-state index contributed by atoms with van der Waals surface area (Å²) in [5.74, 6) is -2.35. The van der Waals surface area contributed by atoms with Crippen LogP contribution in [0.2, 0.25) is 0 Å². The number of carboxylic acids is 1. The van der Waals surface area contributed by atoms with E-state index in [1.165, 1.54) is 19.3 Å². The molecule has 0 amide bonds. The summed E-state index contributed by atoms with van der Waals surface area (Å²) in [7, 11) is 0. The maximum absolute atomic E-state index is 10.6. The molecular formula is C14H17BrF3NO3. The molecule has 1 fully saturated rings. The third-order valence-corrected chi connectivity index (χ3v) is 3.62. The number of benzene rings is 1. The van der Waals surface area contributed by atoms with Gasteiger partial charge in [0.1, 0.15) is 5.75 Å². The Kier molecular flexibility index (Phi) is 7.15. The Morgan fingerprint density at radius 1 is 1.23 bits per heavy atom. The summed E-state index contributed by atoms with van der Waals surface area (Å²) < 4.78 is 32.8. The van der Waals surface area contributed by atoms with Crippen LogP contribution in [0.15, 0.2) is 22.7 Å². The van der Waals surface area contributed by atoms with Crippen LogP contribution in [0.4, 0.5) is 13.2 Å². The molecule has 4 nitrogen and oxygen atoms in total. The summed E-state index contributed by atoms with van der Waals surface area (Å²) >= 11 is 3.43. The molecule has 22 heavy (non-hydrogen) atoms. The van der Waals surface area contributed by atoms with Crippen molar-refractivity contribution in [3.63, 3.8) is 0 Å². The Hall–Kier alpha value is -1.28. The van der Waals surface area contributed by atoms with Crippen molar-refractivity contribution in [1.82, 2.24) is 4.90 Å². The van der Waals surface area contributed by atoms with Gasteiger partial charge in [0.2, 0.25) is 0 Å². The number of phenols is 1. The highest BCUT2D eigenvalue weighted by Gasteiger charge is 2.38. The third kappa shape index (κ3) is 6.65. The molecule has 0 aliphatic carbocycles. The van der Waals surface area contributed by atoms with E-state index in [0.29, 0.717) is 5.75 Å². The molecule has 1 aromatic carbocycles. The minimum atomic E-state index is -5.08. The lowest BCUT2D eigenvalue weighted by Gasteiger charge is -2.26. The van der Waals surface area contributed by atoms with Crippen LogP contribution in [0, 0.1) is 0 Å². The summed E-state index contributed by atoms with van der Waals surface area (Å²) in [5, 5.41) is 16.8. The van der Waals surface area contributed by atoms with Crippen molar-refractivity contribution in [2.24, 2.45) is 0 Å². The van der Waals surface area contributed by atoms with Crippen molar-refractivity contribution in [3.05, 3.63) is 28.2 Å². The highest BCUT2D eigenvalue weighted by molar-refractivity contribution is 9.10. The van der Waals surface area contributed by atoms with E-state index >= 15 is 0 Å². The van der Waals surface area contributed by atoms with Crippen molar-refractivity contribution < 1.29 is 28.2 Å². The van der Waals surface area contributed by atoms with Crippen LogP contribution in [0.25, 0.3) is 0 Å². The molecule has 124 valence electrons. The fourth-order valence-corrected chi connectivity index (χ4v) is 2.45. The Morgan fingerprint density at radius 3 is 2.27 bits per heavy atom. The first kappa shape index (κ1) is 18.8. The second-order valence-electron chi connectivity index (χ2n) is 4.91. The first-order chi connectivity index (χ1) is 10.2. The van der Waals surface area contributed by atoms with Gasteiger partial charge in [-0.25, -0.2) is 4.79 Å². The highest BCUT2D eigenvalue weighted by Crippen LogP contribution is 2.24. The highest BCUT2D eigenvalue weighted by atomic mass is 79.9. The topological polar surface area (TPSA) is 60.8 Å². The first-order valence-electron chi connectivity index (χ1n) is 6.70. The number of carbonyl (C=O) groups is 1. The largest absolute Gasteiger partial charge is 0.508 e. The molecule has 0 unspecified atom stereocenters. The average molecular weight is 384 g/mol. The number of carboxylic acid groups (broad SMARTS) is 1. The Labute approximate surface area is 134 Å². The van der Waals surface area contributed by atoms with E-state index in [2.05, 4.69) is 20.8 Å². The molecule has 1 aromatic rings. The second kappa shape index (κ2) is 8.38. The van der Waals surface area contributed by atoms with Crippen LogP contribution in [0.1, 0.15) is 24.8 Å². The van der Waals surface area contributed by atoms with Crippen LogP contribution >= 0.6 is 15.9 Å². The van der Waals surface area contributed by atoms with Gasteiger partial charge in [-0.3, -0.25) is 4.90 Å². The predicted molar refractivity (Wildman–Crippen MR) is 78.6 cm³/mol. The molecule has 0 spiro atoms. The zero-order valence-corrected chi connectivity index (χ0v) is 13.3. The first-order valence-corrected chi connectivity index (χ1v) is 7.49. The number of phenolic OH excluding ortho intramolecular Hbond substituents is 1. The van der Waals surface area contributed by atoms with Gasteiger partial charge in [-0.2, -0.15) is 13.2 Å². The maximum atomic E-state index is 10.6. The molecule has 0 atom stereocenters. The average Bonchev–Trinajstić information content (AvgIpc) is 2.44. The Balaban J connectivity index is 0.000000295. The van der Waals surface area contributed by atoms with Crippen molar-refractivity contribution in [3.8, 4) is 5.75 Å². The predicted octanol–water partition coefficient (Wildman–Crippen LogP) is 3.77. The molecule has 8 heteroatoms. The fourth-order valence-electron chi connectivity index (χ4n) is 2.04. The minimum Gasteiger partial charge on any atom is -0.508 e. The van der Waals surface area contributed by atoms with Gasteiger partial charge in [-0.1, -0.05) is 22.4 Å². The van der Waals surface area contributed by atoms with E-state index in [1.807, 2.05) is 12.1 Å². The SMILES string of the molecule is O=C(O)C(F)(F)F.Oc1ccc(Br)cc1CN1CCCCC1. The van der Waals surface area contributed by atoms with Gasteiger partial charge >= 0.3 is 12.1 Å². The zero-order chi connectivity index (χ0) is 16.8. The number of aromatic hydroxyl groups is 1. The van der Waals surface area contributed by atoms with Crippen LogP contribution in [-0.2, 0) is 11.3 Å². The van der Waals surface area contributed by atoms with Gasteiger partial charge in [0.25, 0.3) is 0 Å². The normalized spacial score (nSPS) is 15.8. The lowest BCUT2D eigenvalue weighted by molar-refractivity contribution is -0.192. The Morgan fingerprint density at radius 2 is 1.77 bits per heavy atom. The fraction of sp³-hybridized carbons (Fsp3) is 0.500. The number of hydrogen-bond donors (Lipinski definition) is 2. The van der Waals surface area contributed by atoms with Crippen LogP contribution in [-0.4, -0.2) is 40.3 Å². The molecular weight excluding hydrogens is 367 g/mol. The third-order valence-electron chi connectivity index (χ3n) is 3.13. The molecule has 0 radical (unpaired) electrons. The number of alkyl halides is 3. The second-order valence-corrected chi connectivity index (χ2v) is 5.83. The number of likely N-dealkylation sites (tertiary alicyclic amines) is 1. The smallest absolute Gasteiger partial charge is 0.490 e. The zero-order valence-electron chi connectivity index (χ0n) is 11.7. The van der Waals surface area contributed by atoms with Crippen molar-refractivity contribution in [2.75, 3.05) is 13.1 Å².